The highest BCUT2D eigenvalue weighted by Crippen LogP contribution is 2.25. The predicted molar refractivity (Wildman–Crippen MR) is 90.6 cm³/mol. The number of nitrogens with one attached hydrogen (secondary N) is 1. The number of benzene rings is 2. The van der Waals surface area contributed by atoms with Crippen LogP contribution in [0.2, 0.25) is 0 Å². The third-order valence-electron chi connectivity index (χ3n) is 3.91. The molecule has 0 spiro atoms. The van der Waals surface area contributed by atoms with E-state index in [-0.39, 0.29) is 0 Å². The predicted octanol–water partition coefficient (Wildman–Crippen LogP) is 4.55. The zero-order valence-corrected chi connectivity index (χ0v) is 13.4. The smallest absolute Gasteiger partial charge is 0.0488 e. The molecule has 0 fully saturated rings. The molecule has 0 saturated carbocycles. The average Bonchev–Trinajstić information content (AvgIpc) is 2.51. The Hall–Kier alpha value is -1.38. The molecule has 2 rings (SSSR count). The second kappa shape index (κ2) is 8.16. The molecule has 0 aliphatic carbocycles. The van der Waals surface area contributed by atoms with Crippen LogP contribution in [-0.4, -0.2) is 20.3 Å². The quantitative estimate of drug-likeness (QED) is 0.768. The lowest BCUT2D eigenvalue weighted by Crippen LogP contribution is -2.25. The highest BCUT2D eigenvalue weighted by Gasteiger charge is 2.15. The van der Waals surface area contributed by atoms with Crippen LogP contribution in [0.25, 0.3) is 10.8 Å². The Kier molecular flexibility index (Phi) is 6.21. The van der Waals surface area contributed by atoms with Gasteiger partial charge in [-0.25, -0.2) is 0 Å². The average molecular weight is 285 g/mol. The summed E-state index contributed by atoms with van der Waals surface area (Å²) in [7, 11) is 1.78. The van der Waals surface area contributed by atoms with Gasteiger partial charge < -0.3 is 10.1 Å². The fraction of sp³-hybridized carbons (Fsp3) is 0.474. The van der Waals surface area contributed by atoms with Gasteiger partial charge in [0.2, 0.25) is 0 Å². The monoisotopic (exact) mass is 285 g/mol. The van der Waals surface area contributed by atoms with Crippen LogP contribution in [-0.2, 0) is 4.74 Å². The Balaban J connectivity index is 2.20. The molecule has 2 heteroatoms. The van der Waals surface area contributed by atoms with E-state index in [9.17, 15) is 0 Å². The van der Waals surface area contributed by atoms with Crippen LogP contribution in [0, 0.1) is 5.92 Å². The molecule has 2 aromatic rings. The van der Waals surface area contributed by atoms with Crippen LogP contribution in [0.15, 0.2) is 42.5 Å². The van der Waals surface area contributed by atoms with E-state index in [1.54, 1.807) is 7.11 Å². The molecule has 0 aliphatic rings. The van der Waals surface area contributed by atoms with Crippen molar-refractivity contribution in [2.75, 3.05) is 20.3 Å². The van der Waals surface area contributed by atoms with Crippen molar-refractivity contribution in [2.24, 2.45) is 5.92 Å². The van der Waals surface area contributed by atoms with Crippen LogP contribution < -0.4 is 5.32 Å². The Bertz CT molecular complexity index is 552. The maximum absolute atomic E-state index is 5.29. The molecule has 0 radical (unpaired) electrons. The van der Waals surface area contributed by atoms with E-state index in [2.05, 4.69) is 61.6 Å². The zero-order valence-electron chi connectivity index (χ0n) is 13.4. The van der Waals surface area contributed by atoms with Crippen LogP contribution in [0.3, 0.4) is 0 Å². The number of hydrogen-bond donors (Lipinski definition) is 1. The summed E-state index contributed by atoms with van der Waals surface area (Å²) in [6.45, 7) is 6.34. The summed E-state index contributed by atoms with van der Waals surface area (Å²) in [5.41, 5.74) is 1.38. The first kappa shape index (κ1) is 16.0. The summed E-state index contributed by atoms with van der Waals surface area (Å²) in [5.74, 6) is 0.552. The summed E-state index contributed by atoms with van der Waals surface area (Å²) in [6, 6.07) is 15.8. The van der Waals surface area contributed by atoms with Gasteiger partial charge in [0.25, 0.3) is 0 Å². The largest absolute Gasteiger partial charge is 0.384 e. The van der Waals surface area contributed by atoms with Gasteiger partial charge >= 0.3 is 0 Å². The van der Waals surface area contributed by atoms with Gasteiger partial charge in [0.05, 0.1) is 0 Å². The molecule has 1 N–H and O–H groups in total. The van der Waals surface area contributed by atoms with Crippen molar-refractivity contribution < 1.29 is 4.74 Å². The lowest BCUT2D eigenvalue weighted by Gasteiger charge is -2.23. The minimum atomic E-state index is 0.403. The molecular formula is C19H27NO. The van der Waals surface area contributed by atoms with Gasteiger partial charge in [-0.2, -0.15) is 0 Å². The lowest BCUT2D eigenvalue weighted by atomic mass is 9.94. The first-order valence-corrected chi connectivity index (χ1v) is 7.95. The van der Waals surface area contributed by atoms with Gasteiger partial charge in [-0.3, -0.25) is 0 Å². The minimum absolute atomic E-state index is 0.403. The standard InChI is InChI=1S/C19H27NO/c1-4-11-20-19(12-15(2)14-21-3)18-10-9-16-7-5-6-8-17(16)13-18/h5-10,13,15,19-20H,4,11-12,14H2,1-3H3. The summed E-state index contributed by atoms with van der Waals surface area (Å²) in [4.78, 5) is 0. The van der Waals surface area contributed by atoms with Gasteiger partial charge in [0.15, 0.2) is 0 Å². The molecule has 0 saturated heterocycles. The van der Waals surface area contributed by atoms with Gasteiger partial charge in [0.1, 0.15) is 0 Å². The molecule has 2 atom stereocenters. The van der Waals surface area contributed by atoms with Gasteiger partial charge in [-0.05, 0) is 47.7 Å². The molecular weight excluding hydrogens is 258 g/mol. The summed E-state index contributed by atoms with van der Waals surface area (Å²) in [5, 5.41) is 6.31. The van der Waals surface area contributed by atoms with E-state index in [4.69, 9.17) is 4.74 Å². The number of methoxy groups -OCH3 is 1. The van der Waals surface area contributed by atoms with Crippen molar-refractivity contribution in [2.45, 2.75) is 32.7 Å². The highest BCUT2D eigenvalue weighted by molar-refractivity contribution is 5.83. The van der Waals surface area contributed by atoms with Gasteiger partial charge in [-0.15, -0.1) is 0 Å². The molecule has 0 bridgehead atoms. The molecule has 21 heavy (non-hydrogen) atoms. The molecule has 0 aliphatic heterocycles. The van der Waals surface area contributed by atoms with Crippen LogP contribution in [0.4, 0.5) is 0 Å². The normalized spacial score (nSPS) is 14.2. The molecule has 0 heterocycles. The summed E-state index contributed by atoms with van der Waals surface area (Å²) < 4.78 is 5.29. The van der Waals surface area contributed by atoms with E-state index < -0.39 is 0 Å². The third kappa shape index (κ3) is 4.55. The number of rotatable bonds is 8. The fourth-order valence-corrected chi connectivity index (χ4v) is 2.84. The van der Waals surface area contributed by atoms with Crippen molar-refractivity contribution >= 4 is 10.8 Å². The maximum atomic E-state index is 5.29. The summed E-state index contributed by atoms with van der Waals surface area (Å²) in [6.07, 6.45) is 2.26. The van der Waals surface area contributed by atoms with E-state index >= 15 is 0 Å². The Labute approximate surface area is 128 Å². The van der Waals surface area contributed by atoms with Crippen LogP contribution >= 0.6 is 0 Å². The minimum Gasteiger partial charge on any atom is -0.384 e. The van der Waals surface area contributed by atoms with Crippen molar-refractivity contribution in [3.8, 4) is 0 Å². The van der Waals surface area contributed by atoms with Crippen LogP contribution in [0.5, 0.6) is 0 Å². The van der Waals surface area contributed by atoms with Crippen LogP contribution in [0.1, 0.15) is 38.3 Å². The Morgan fingerprint density at radius 3 is 2.57 bits per heavy atom. The Morgan fingerprint density at radius 1 is 1.10 bits per heavy atom. The fourth-order valence-electron chi connectivity index (χ4n) is 2.84. The number of fused-ring (bicyclic) bond motifs is 1. The van der Waals surface area contributed by atoms with Gasteiger partial charge in [0, 0.05) is 19.8 Å². The molecule has 114 valence electrons. The first-order chi connectivity index (χ1) is 10.2. The second-order valence-corrected chi connectivity index (χ2v) is 5.91. The van der Waals surface area contributed by atoms with Crippen molar-refractivity contribution in [3.63, 3.8) is 0 Å². The van der Waals surface area contributed by atoms with Crippen molar-refractivity contribution in [1.29, 1.82) is 0 Å². The van der Waals surface area contributed by atoms with E-state index in [0.717, 1.165) is 26.0 Å². The topological polar surface area (TPSA) is 21.3 Å². The molecule has 0 aromatic heterocycles. The number of hydrogen-bond acceptors (Lipinski definition) is 2. The molecule has 2 aromatic carbocycles. The zero-order chi connectivity index (χ0) is 15.1. The maximum Gasteiger partial charge on any atom is 0.0488 e. The van der Waals surface area contributed by atoms with Crippen molar-refractivity contribution in [1.82, 2.24) is 5.32 Å². The van der Waals surface area contributed by atoms with Gasteiger partial charge in [-0.1, -0.05) is 50.2 Å². The lowest BCUT2D eigenvalue weighted by molar-refractivity contribution is 0.149. The molecule has 2 unspecified atom stereocenters. The molecule has 0 amide bonds. The van der Waals surface area contributed by atoms with Crippen molar-refractivity contribution in [3.05, 3.63) is 48.0 Å². The SMILES string of the molecule is CCCNC(CC(C)COC)c1ccc2ccccc2c1. The molecule has 2 nitrogen and oxygen atoms in total. The summed E-state index contributed by atoms with van der Waals surface area (Å²) >= 11 is 0. The van der Waals surface area contributed by atoms with E-state index in [1.807, 2.05) is 0 Å². The van der Waals surface area contributed by atoms with E-state index in [1.165, 1.54) is 16.3 Å². The third-order valence-corrected chi connectivity index (χ3v) is 3.91. The number of ether oxygens (including phenoxy) is 1. The van der Waals surface area contributed by atoms with E-state index in [0.29, 0.717) is 12.0 Å². The Morgan fingerprint density at radius 2 is 1.86 bits per heavy atom. The second-order valence-electron chi connectivity index (χ2n) is 5.91. The first-order valence-electron chi connectivity index (χ1n) is 7.95. The highest BCUT2D eigenvalue weighted by atomic mass is 16.5.